The van der Waals surface area contributed by atoms with Crippen LogP contribution in [0, 0.1) is 0 Å². The standard InChI is InChI=1S/C27H23ClN6O2/c28-20-5-3-4-19(15-20)25-27-29-26(21-6-1-2-7-22(21)34(27)31-30-25)33-12-10-32(11-13-33)16-18-8-9-23-24(14-18)36-17-35-23/h1-9,14-15H,10-13,16-17H2. The van der Waals surface area contributed by atoms with Crippen LogP contribution in [0.1, 0.15) is 5.56 Å². The van der Waals surface area contributed by atoms with Gasteiger partial charge in [-0.1, -0.05) is 47.1 Å². The number of anilines is 1. The zero-order valence-corrected chi connectivity index (χ0v) is 20.2. The van der Waals surface area contributed by atoms with Gasteiger partial charge >= 0.3 is 0 Å². The van der Waals surface area contributed by atoms with Crippen LogP contribution in [0.5, 0.6) is 11.5 Å². The zero-order chi connectivity index (χ0) is 24.1. The molecule has 3 aromatic carbocycles. The van der Waals surface area contributed by atoms with Gasteiger partial charge in [0.1, 0.15) is 11.5 Å². The number of para-hydroxylation sites is 1. The molecule has 0 spiro atoms. The van der Waals surface area contributed by atoms with E-state index in [-0.39, 0.29) is 0 Å². The summed E-state index contributed by atoms with van der Waals surface area (Å²) in [7, 11) is 0. The van der Waals surface area contributed by atoms with Crippen molar-refractivity contribution in [2.45, 2.75) is 6.54 Å². The highest BCUT2D eigenvalue weighted by atomic mass is 35.5. The molecule has 0 amide bonds. The van der Waals surface area contributed by atoms with E-state index in [2.05, 4.69) is 44.4 Å². The molecule has 0 atom stereocenters. The summed E-state index contributed by atoms with van der Waals surface area (Å²) >= 11 is 6.26. The van der Waals surface area contributed by atoms with Crippen molar-refractivity contribution < 1.29 is 9.47 Å². The van der Waals surface area contributed by atoms with Crippen LogP contribution in [-0.4, -0.2) is 57.7 Å². The highest BCUT2D eigenvalue weighted by Crippen LogP contribution is 2.34. The van der Waals surface area contributed by atoms with Crippen LogP contribution in [0.25, 0.3) is 27.8 Å². The molecule has 36 heavy (non-hydrogen) atoms. The first-order chi connectivity index (χ1) is 17.7. The van der Waals surface area contributed by atoms with Crippen molar-refractivity contribution in [3.8, 4) is 22.8 Å². The summed E-state index contributed by atoms with van der Waals surface area (Å²) < 4.78 is 12.8. The molecule has 7 rings (SSSR count). The molecule has 8 nitrogen and oxygen atoms in total. The normalized spacial score (nSPS) is 15.8. The Balaban J connectivity index is 1.19. The second-order valence-electron chi connectivity index (χ2n) is 9.09. The lowest BCUT2D eigenvalue weighted by Crippen LogP contribution is -2.46. The summed E-state index contributed by atoms with van der Waals surface area (Å²) in [5.74, 6) is 2.62. The Bertz CT molecular complexity index is 1590. The molecule has 180 valence electrons. The smallest absolute Gasteiger partial charge is 0.231 e. The number of ether oxygens (including phenoxy) is 2. The third-order valence-electron chi connectivity index (χ3n) is 6.84. The maximum atomic E-state index is 6.26. The number of halogens is 1. The number of rotatable bonds is 4. The molecule has 0 aliphatic carbocycles. The Hall–Kier alpha value is -3.88. The van der Waals surface area contributed by atoms with Crippen molar-refractivity contribution in [1.82, 2.24) is 24.7 Å². The predicted octanol–water partition coefficient (Wildman–Crippen LogP) is 4.65. The molecule has 0 radical (unpaired) electrons. The van der Waals surface area contributed by atoms with E-state index in [1.807, 2.05) is 47.0 Å². The number of hydrogen-bond donors (Lipinski definition) is 0. The van der Waals surface area contributed by atoms with Crippen molar-refractivity contribution >= 4 is 34.0 Å². The van der Waals surface area contributed by atoms with Gasteiger partial charge in [-0.25, -0.2) is 4.98 Å². The number of hydrogen-bond acceptors (Lipinski definition) is 7. The second-order valence-corrected chi connectivity index (χ2v) is 9.52. The second kappa shape index (κ2) is 8.65. The summed E-state index contributed by atoms with van der Waals surface area (Å²) in [5.41, 5.74) is 4.58. The zero-order valence-electron chi connectivity index (χ0n) is 19.5. The van der Waals surface area contributed by atoms with Crippen LogP contribution in [0.2, 0.25) is 5.02 Å². The van der Waals surface area contributed by atoms with Crippen LogP contribution >= 0.6 is 11.6 Å². The Morgan fingerprint density at radius 1 is 0.861 bits per heavy atom. The third-order valence-corrected chi connectivity index (χ3v) is 7.08. The SMILES string of the molecule is Clc1cccc(-c2nnn3c2nc(N2CCN(Cc4ccc5c(c4)OCO5)CC2)c2ccccc23)c1. The number of benzene rings is 3. The van der Waals surface area contributed by atoms with Gasteiger partial charge in [-0.15, -0.1) is 5.10 Å². The van der Waals surface area contributed by atoms with E-state index < -0.39 is 0 Å². The van der Waals surface area contributed by atoms with Gasteiger partial charge in [0.05, 0.1) is 5.52 Å². The maximum Gasteiger partial charge on any atom is 0.231 e. The van der Waals surface area contributed by atoms with Crippen LogP contribution < -0.4 is 14.4 Å². The average molecular weight is 499 g/mol. The third kappa shape index (κ3) is 3.70. The minimum absolute atomic E-state index is 0.300. The van der Waals surface area contributed by atoms with Crippen molar-refractivity contribution in [2.75, 3.05) is 37.9 Å². The van der Waals surface area contributed by atoms with E-state index in [0.29, 0.717) is 11.8 Å². The first kappa shape index (κ1) is 21.4. The summed E-state index contributed by atoms with van der Waals surface area (Å²) in [6.07, 6.45) is 0. The summed E-state index contributed by atoms with van der Waals surface area (Å²) in [5, 5.41) is 10.6. The fourth-order valence-corrected chi connectivity index (χ4v) is 5.22. The molecular weight excluding hydrogens is 476 g/mol. The lowest BCUT2D eigenvalue weighted by atomic mass is 10.1. The lowest BCUT2D eigenvalue weighted by Gasteiger charge is -2.36. The van der Waals surface area contributed by atoms with Gasteiger partial charge in [-0.3, -0.25) is 4.90 Å². The van der Waals surface area contributed by atoms with Crippen LogP contribution in [0.4, 0.5) is 5.82 Å². The maximum absolute atomic E-state index is 6.26. The number of aromatic nitrogens is 4. The fourth-order valence-electron chi connectivity index (χ4n) is 5.03. The van der Waals surface area contributed by atoms with E-state index >= 15 is 0 Å². The molecule has 0 unspecified atom stereocenters. The van der Waals surface area contributed by atoms with Crippen molar-refractivity contribution in [3.05, 3.63) is 77.3 Å². The highest BCUT2D eigenvalue weighted by Gasteiger charge is 2.23. The molecule has 0 saturated carbocycles. The molecule has 9 heteroatoms. The van der Waals surface area contributed by atoms with Gasteiger partial charge in [0.25, 0.3) is 0 Å². The minimum Gasteiger partial charge on any atom is -0.454 e. The molecule has 2 aliphatic heterocycles. The molecule has 5 aromatic rings. The topological polar surface area (TPSA) is 68.0 Å². The Labute approximate surface area is 212 Å². The number of fused-ring (bicyclic) bond motifs is 4. The molecule has 0 N–H and O–H groups in total. The molecule has 2 aliphatic rings. The van der Waals surface area contributed by atoms with Gasteiger partial charge in [0.15, 0.2) is 17.1 Å². The molecule has 1 fully saturated rings. The summed E-state index contributed by atoms with van der Waals surface area (Å²) in [4.78, 5) is 9.95. The van der Waals surface area contributed by atoms with E-state index in [1.165, 1.54) is 5.56 Å². The van der Waals surface area contributed by atoms with Gasteiger partial charge in [0, 0.05) is 48.7 Å². The molecular formula is C27H23ClN6O2. The summed E-state index contributed by atoms with van der Waals surface area (Å²) in [6.45, 7) is 4.82. The largest absolute Gasteiger partial charge is 0.454 e. The van der Waals surface area contributed by atoms with E-state index in [4.69, 9.17) is 26.1 Å². The fraction of sp³-hybridized carbons (Fsp3) is 0.222. The van der Waals surface area contributed by atoms with Crippen molar-refractivity contribution in [1.29, 1.82) is 0 Å². The Kier molecular flexibility index (Phi) is 5.15. The molecule has 0 bridgehead atoms. The van der Waals surface area contributed by atoms with Crippen LogP contribution in [0.15, 0.2) is 66.7 Å². The van der Waals surface area contributed by atoms with Gasteiger partial charge in [-0.2, -0.15) is 4.52 Å². The summed E-state index contributed by atoms with van der Waals surface area (Å²) in [6, 6.07) is 22.1. The van der Waals surface area contributed by atoms with Crippen molar-refractivity contribution in [3.63, 3.8) is 0 Å². The predicted molar refractivity (Wildman–Crippen MR) is 139 cm³/mol. The van der Waals surface area contributed by atoms with Gasteiger partial charge in [-0.05, 0) is 42.0 Å². The highest BCUT2D eigenvalue weighted by molar-refractivity contribution is 6.30. The van der Waals surface area contributed by atoms with E-state index in [9.17, 15) is 0 Å². The molecule has 4 heterocycles. The monoisotopic (exact) mass is 498 g/mol. The first-order valence-electron chi connectivity index (χ1n) is 12.0. The minimum atomic E-state index is 0.300. The lowest BCUT2D eigenvalue weighted by molar-refractivity contribution is 0.174. The Morgan fingerprint density at radius 3 is 2.61 bits per heavy atom. The van der Waals surface area contributed by atoms with Gasteiger partial charge < -0.3 is 14.4 Å². The van der Waals surface area contributed by atoms with Crippen LogP contribution in [0.3, 0.4) is 0 Å². The number of piperazine rings is 1. The van der Waals surface area contributed by atoms with E-state index in [0.717, 1.165) is 77.8 Å². The van der Waals surface area contributed by atoms with Crippen LogP contribution in [-0.2, 0) is 6.54 Å². The first-order valence-corrected chi connectivity index (χ1v) is 12.4. The molecule has 2 aromatic heterocycles. The van der Waals surface area contributed by atoms with Gasteiger partial charge in [0.2, 0.25) is 6.79 Å². The van der Waals surface area contributed by atoms with E-state index in [1.54, 1.807) is 0 Å². The van der Waals surface area contributed by atoms with Crippen molar-refractivity contribution in [2.24, 2.45) is 0 Å². The quantitative estimate of drug-likeness (QED) is 0.357. The average Bonchev–Trinajstić information content (AvgIpc) is 3.56. The Morgan fingerprint density at radius 2 is 1.72 bits per heavy atom. The number of nitrogens with zero attached hydrogens (tertiary/aromatic N) is 6. The molecule has 1 saturated heterocycles.